The number of sulfonamides is 1. The van der Waals surface area contributed by atoms with E-state index in [1.807, 2.05) is 19.1 Å². The van der Waals surface area contributed by atoms with Crippen molar-refractivity contribution in [2.24, 2.45) is 0 Å². The van der Waals surface area contributed by atoms with Crippen molar-refractivity contribution < 1.29 is 13.2 Å². The number of aryl methyl sites for hydroxylation is 1. The topological polar surface area (TPSA) is 54.5 Å². The van der Waals surface area contributed by atoms with Crippen molar-refractivity contribution in [3.8, 4) is 0 Å². The summed E-state index contributed by atoms with van der Waals surface area (Å²) in [6, 6.07) is 13.8. The van der Waals surface area contributed by atoms with Crippen molar-refractivity contribution in [2.45, 2.75) is 43.9 Å². The highest BCUT2D eigenvalue weighted by Gasteiger charge is 2.43. The Morgan fingerprint density at radius 3 is 2.38 bits per heavy atom. The SMILES string of the molecule is CCCCC1C(=O)N(S(=O)(=O)c2ccc(C)cc2)c2ccccc21. The van der Waals surface area contributed by atoms with E-state index in [-0.39, 0.29) is 16.7 Å². The average molecular weight is 343 g/mol. The first-order valence-electron chi connectivity index (χ1n) is 8.21. The number of nitrogens with zero attached hydrogens (tertiary/aromatic N) is 1. The fourth-order valence-corrected chi connectivity index (χ4v) is 4.59. The molecule has 4 nitrogen and oxygen atoms in total. The lowest BCUT2D eigenvalue weighted by Gasteiger charge is -2.18. The van der Waals surface area contributed by atoms with E-state index < -0.39 is 10.0 Å². The zero-order chi connectivity index (χ0) is 17.3. The molecule has 0 fully saturated rings. The molecule has 0 aromatic heterocycles. The van der Waals surface area contributed by atoms with Crippen LogP contribution in [0.1, 0.15) is 43.2 Å². The third kappa shape index (κ3) is 2.73. The van der Waals surface area contributed by atoms with Crippen LogP contribution in [-0.4, -0.2) is 14.3 Å². The van der Waals surface area contributed by atoms with Gasteiger partial charge in [0, 0.05) is 0 Å². The van der Waals surface area contributed by atoms with Gasteiger partial charge in [-0.25, -0.2) is 12.7 Å². The van der Waals surface area contributed by atoms with Gasteiger partial charge in [0.1, 0.15) is 0 Å². The number of hydrogen-bond acceptors (Lipinski definition) is 3. The molecule has 2 aromatic rings. The molecular formula is C19H21NO3S. The fraction of sp³-hybridized carbons (Fsp3) is 0.316. The van der Waals surface area contributed by atoms with Crippen molar-refractivity contribution in [1.82, 2.24) is 0 Å². The summed E-state index contributed by atoms with van der Waals surface area (Å²) in [5.41, 5.74) is 2.28. The van der Waals surface area contributed by atoms with Crippen LogP contribution >= 0.6 is 0 Å². The molecule has 0 saturated carbocycles. The van der Waals surface area contributed by atoms with Crippen LogP contribution in [0.4, 0.5) is 5.69 Å². The van der Waals surface area contributed by atoms with Crippen LogP contribution in [-0.2, 0) is 14.8 Å². The minimum absolute atomic E-state index is 0.146. The third-order valence-electron chi connectivity index (χ3n) is 4.43. The fourth-order valence-electron chi connectivity index (χ4n) is 3.11. The van der Waals surface area contributed by atoms with Crippen LogP contribution < -0.4 is 4.31 Å². The predicted octanol–water partition coefficient (Wildman–Crippen LogP) is 4.00. The first-order valence-corrected chi connectivity index (χ1v) is 9.65. The number of unbranched alkanes of at least 4 members (excludes halogenated alkanes) is 1. The molecule has 0 radical (unpaired) electrons. The van der Waals surface area contributed by atoms with E-state index in [2.05, 4.69) is 6.92 Å². The smallest absolute Gasteiger partial charge is 0.270 e. The Labute approximate surface area is 143 Å². The van der Waals surface area contributed by atoms with Crippen molar-refractivity contribution in [1.29, 1.82) is 0 Å². The van der Waals surface area contributed by atoms with Crippen LogP contribution in [0.3, 0.4) is 0 Å². The second-order valence-electron chi connectivity index (χ2n) is 6.17. The predicted molar refractivity (Wildman–Crippen MR) is 94.6 cm³/mol. The summed E-state index contributed by atoms with van der Waals surface area (Å²) >= 11 is 0. The maximum absolute atomic E-state index is 13.0. The summed E-state index contributed by atoms with van der Waals surface area (Å²) in [6.45, 7) is 3.96. The maximum Gasteiger partial charge on any atom is 0.270 e. The molecule has 1 amide bonds. The molecule has 24 heavy (non-hydrogen) atoms. The molecular weight excluding hydrogens is 322 g/mol. The number of fused-ring (bicyclic) bond motifs is 1. The van der Waals surface area contributed by atoms with Gasteiger partial charge in [0.2, 0.25) is 5.91 Å². The number of amides is 1. The van der Waals surface area contributed by atoms with E-state index >= 15 is 0 Å². The highest BCUT2D eigenvalue weighted by atomic mass is 32.2. The van der Waals surface area contributed by atoms with Crippen LogP contribution in [0, 0.1) is 6.92 Å². The minimum atomic E-state index is -3.89. The molecule has 1 aliphatic rings. The molecule has 0 aliphatic carbocycles. The van der Waals surface area contributed by atoms with Gasteiger partial charge >= 0.3 is 0 Å². The summed E-state index contributed by atoms with van der Waals surface area (Å²) in [6.07, 6.45) is 2.53. The lowest BCUT2D eigenvalue weighted by Crippen LogP contribution is -2.35. The molecule has 1 unspecified atom stereocenters. The van der Waals surface area contributed by atoms with Crippen molar-refractivity contribution in [3.63, 3.8) is 0 Å². The van der Waals surface area contributed by atoms with Gasteiger partial charge < -0.3 is 0 Å². The number of carbonyl (C=O) groups excluding carboxylic acids is 1. The van der Waals surface area contributed by atoms with Crippen molar-refractivity contribution in [2.75, 3.05) is 4.31 Å². The summed E-state index contributed by atoms with van der Waals surface area (Å²) in [5, 5.41) is 0. The number of benzene rings is 2. The normalized spacial score (nSPS) is 17.2. The van der Waals surface area contributed by atoms with E-state index in [1.165, 1.54) is 0 Å². The van der Waals surface area contributed by atoms with Crippen molar-refractivity contribution >= 4 is 21.6 Å². The lowest BCUT2D eigenvalue weighted by molar-refractivity contribution is -0.118. The first-order chi connectivity index (χ1) is 11.5. The van der Waals surface area contributed by atoms with Crippen molar-refractivity contribution in [3.05, 3.63) is 59.7 Å². The third-order valence-corrected chi connectivity index (χ3v) is 6.16. The number of hydrogen-bond donors (Lipinski definition) is 0. The Hall–Kier alpha value is -2.14. The molecule has 0 N–H and O–H groups in total. The zero-order valence-corrected chi connectivity index (χ0v) is 14.7. The van der Waals surface area contributed by atoms with E-state index in [9.17, 15) is 13.2 Å². The Kier molecular flexibility index (Phi) is 4.45. The number of para-hydroxylation sites is 1. The highest BCUT2D eigenvalue weighted by molar-refractivity contribution is 7.93. The minimum Gasteiger partial charge on any atom is -0.273 e. The first kappa shape index (κ1) is 16.7. The Balaban J connectivity index is 2.07. The van der Waals surface area contributed by atoms with E-state index in [1.54, 1.807) is 36.4 Å². The molecule has 5 heteroatoms. The molecule has 2 aromatic carbocycles. The van der Waals surface area contributed by atoms with Gasteiger partial charge in [-0.3, -0.25) is 4.79 Å². The van der Waals surface area contributed by atoms with Gasteiger partial charge in [-0.1, -0.05) is 55.7 Å². The van der Waals surface area contributed by atoms with Gasteiger partial charge in [-0.15, -0.1) is 0 Å². The molecule has 0 saturated heterocycles. The van der Waals surface area contributed by atoms with Crippen LogP contribution in [0.15, 0.2) is 53.4 Å². The van der Waals surface area contributed by atoms with E-state index in [4.69, 9.17) is 0 Å². The molecule has 0 spiro atoms. The van der Waals surface area contributed by atoms with Crippen LogP contribution in [0.2, 0.25) is 0 Å². The highest BCUT2D eigenvalue weighted by Crippen LogP contribution is 2.42. The molecule has 1 aliphatic heterocycles. The monoisotopic (exact) mass is 343 g/mol. The van der Waals surface area contributed by atoms with Gasteiger partial charge in [-0.2, -0.15) is 0 Å². The summed E-state index contributed by atoms with van der Waals surface area (Å²) in [5.74, 6) is -0.716. The van der Waals surface area contributed by atoms with Gasteiger partial charge in [0.15, 0.2) is 0 Å². The summed E-state index contributed by atoms with van der Waals surface area (Å²) in [4.78, 5) is 13.0. The van der Waals surface area contributed by atoms with Gasteiger partial charge in [0.05, 0.1) is 16.5 Å². The van der Waals surface area contributed by atoms with Crippen LogP contribution in [0.5, 0.6) is 0 Å². The Morgan fingerprint density at radius 1 is 1.04 bits per heavy atom. The van der Waals surface area contributed by atoms with E-state index in [0.29, 0.717) is 12.1 Å². The molecule has 1 atom stereocenters. The summed E-state index contributed by atoms with van der Waals surface area (Å²) < 4.78 is 27.1. The standard InChI is InChI=1S/C19H21NO3S/c1-3-4-7-17-16-8-5-6-9-18(16)20(19(17)21)24(22,23)15-12-10-14(2)11-13-15/h5-6,8-13,17H,3-4,7H2,1-2H3. The Morgan fingerprint density at radius 2 is 1.71 bits per heavy atom. The molecule has 3 rings (SSSR count). The zero-order valence-electron chi connectivity index (χ0n) is 13.9. The maximum atomic E-state index is 13.0. The Bertz CT molecular complexity index is 856. The molecule has 126 valence electrons. The average Bonchev–Trinajstić information content (AvgIpc) is 2.85. The second-order valence-corrected chi connectivity index (χ2v) is 7.96. The van der Waals surface area contributed by atoms with E-state index in [0.717, 1.165) is 28.3 Å². The second kappa shape index (κ2) is 6.40. The quantitative estimate of drug-likeness (QED) is 0.824. The number of anilines is 1. The van der Waals surface area contributed by atoms with Gasteiger partial charge in [0.25, 0.3) is 10.0 Å². The summed E-state index contributed by atoms with van der Waals surface area (Å²) in [7, 11) is -3.89. The van der Waals surface area contributed by atoms with Crippen LogP contribution in [0.25, 0.3) is 0 Å². The lowest BCUT2D eigenvalue weighted by atomic mass is 9.95. The number of rotatable bonds is 5. The molecule has 0 bridgehead atoms. The number of carbonyl (C=O) groups is 1. The van der Waals surface area contributed by atoms with Gasteiger partial charge in [-0.05, 0) is 37.1 Å². The largest absolute Gasteiger partial charge is 0.273 e. The molecule has 1 heterocycles.